The number of ether oxygens (including phenoxy) is 1. The second-order valence-corrected chi connectivity index (χ2v) is 11.5. The number of benzene rings is 2. The minimum absolute atomic E-state index is 0.000356. The summed E-state index contributed by atoms with van der Waals surface area (Å²) in [5, 5.41) is 25.3. The van der Waals surface area contributed by atoms with Gasteiger partial charge in [0.05, 0.1) is 6.07 Å². The molecule has 9 nitrogen and oxygen atoms in total. The zero-order valence-electron chi connectivity index (χ0n) is 24.5. The Balaban J connectivity index is 1.99. The zero-order valence-corrected chi connectivity index (χ0v) is 24.5. The first kappa shape index (κ1) is 31.5. The fourth-order valence-corrected chi connectivity index (χ4v) is 5.03. The molecule has 1 aliphatic rings. The van der Waals surface area contributed by atoms with Gasteiger partial charge in [0.15, 0.2) is 0 Å². The number of nitrogens with one attached hydrogen (secondary N) is 2. The number of aryl methyl sites for hydroxylation is 1. The van der Waals surface area contributed by atoms with E-state index < -0.39 is 29.7 Å². The number of carbonyl (C=O) groups excluding carboxylic acids is 3. The van der Waals surface area contributed by atoms with Crippen LogP contribution in [0.5, 0.6) is 5.75 Å². The Hall–Kier alpha value is -4.06. The van der Waals surface area contributed by atoms with Crippen molar-refractivity contribution in [3.05, 3.63) is 65.2 Å². The van der Waals surface area contributed by atoms with Gasteiger partial charge in [0, 0.05) is 12.5 Å². The van der Waals surface area contributed by atoms with E-state index in [1.165, 1.54) is 17.0 Å². The highest BCUT2D eigenvalue weighted by Crippen LogP contribution is 2.26. The third-order valence-electron chi connectivity index (χ3n) is 7.10. The number of aromatic hydroxyl groups is 1. The quantitative estimate of drug-likeness (QED) is 0.352. The molecule has 2 aromatic carbocycles. The van der Waals surface area contributed by atoms with Crippen molar-refractivity contribution >= 4 is 17.9 Å². The molecule has 2 aromatic rings. The lowest BCUT2D eigenvalue weighted by Crippen LogP contribution is -2.54. The van der Waals surface area contributed by atoms with Crippen molar-refractivity contribution in [2.75, 3.05) is 6.54 Å². The van der Waals surface area contributed by atoms with Crippen LogP contribution in [0.4, 0.5) is 4.79 Å². The topological polar surface area (TPSA) is 132 Å². The molecule has 2 unspecified atom stereocenters. The van der Waals surface area contributed by atoms with Gasteiger partial charge in [-0.05, 0) is 68.9 Å². The van der Waals surface area contributed by atoms with Crippen LogP contribution in [-0.4, -0.2) is 52.1 Å². The summed E-state index contributed by atoms with van der Waals surface area (Å²) in [6.07, 6.45) is 4.99. The summed E-state index contributed by atoms with van der Waals surface area (Å²) >= 11 is 0. The Morgan fingerprint density at radius 3 is 2.20 bits per heavy atom. The molecule has 9 heteroatoms. The first-order valence-corrected chi connectivity index (χ1v) is 14.3. The molecular formula is C32H42N4O5. The van der Waals surface area contributed by atoms with Gasteiger partial charge in [0.1, 0.15) is 30.0 Å². The van der Waals surface area contributed by atoms with E-state index in [-0.39, 0.29) is 30.7 Å². The number of rotatable bonds is 10. The molecule has 1 aliphatic carbocycles. The average molecular weight is 563 g/mol. The van der Waals surface area contributed by atoms with Gasteiger partial charge in [0.25, 0.3) is 0 Å². The molecule has 220 valence electrons. The molecule has 0 saturated heterocycles. The lowest BCUT2D eigenvalue weighted by Gasteiger charge is -2.34. The lowest BCUT2D eigenvalue weighted by molar-refractivity contribution is -0.142. The molecule has 0 heterocycles. The number of amides is 3. The highest BCUT2D eigenvalue weighted by atomic mass is 16.6. The second kappa shape index (κ2) is 14.5. The van der Waals surface area contributed by atoms with Crippen LogP contribution in [0, 0.1) is 11.3 Å². The van der Waals surface area contributed by atoms with Gasteiger partial charge in [-0.3, -0.25) is 9.59 Å². The molecule has 0 aromatic heterocycles. The lowest BCUT2D eigenvalue weighted by atomic mass is 9.94. The maximum absolute atomic E-state index is 14.2. The van der Waals surface area contributed by atoms with Crippen LogP contribution in [0.25, 0.3) is 0 Å². The maximum Gasteiger partial charge on any atom is 0.408 e. The molecular weight excluding hydrogens is 520 g/mol. The number of hydrogen-bond donors (Lipinski definition) is 3. The van der Waals surface area contributed by atoms with Gasteiger partial charge in [-0.25, -0.2) is 4.79 Å². The molecule has 1 saturated carbocycles. The normalized spacial score (nSPS) is 15.2. The second-order valence-electron chi connectivity index (χ2n) is 11.5. The molecule has 41 heavy (non-hydrogen) atoms. The third-order valence-corrected chi connectivity index (χ3v) is 7.10. The zero-order chi connectivity index (χ0) is 30.0. The number of nitrogens with zero attached hydrogens (tertiary/aromatic N) is 2. The Labute approximate surface area is 242 Å². The number of alkyl carbamates (subject to hydrolysis) is 1. The van der Waals surface area contributed by atoms with Gasteiger partial charge in [-0.1, -0.05) is 62.6 Å². The van der Waals surface area contributed by atoms with Gasteiger partial charge in [-0.15, -0.1) is 0 Å². The highest BCUT2D eigenvalue weighted by Gasteiger charge is 2.37. The largest absolute Gasteiger partial charge is 0.508 e. The number of phenols is 1. The van der Waals surface area contributed by atoms with Crippen molar-refractivity contribution in [2.24, 2.45) is 0 Å². The van der Waals surface area contributed by atoms with Crippen LogP contribution < -0.4 is 10.6 Å². The fraction of sp³-hybridized carbons (Fsp3) is 0.500. The maximum atomic E-state index is 14.2. The van der Waals surface area contributed by atoms with Crippen molar-refractivity contribution < 1.29 is 24.2 Å². The van der Waals surface area contributed by atoms with Gasteiger partial charge in [-0.2, -0.15) is 5.26 Å². The van der Waals surface area contributed by atoms with E-state index in [1.807, 2.05) is 37.3 Å². The molecule has 0 bridgehead atoms. The van der Waals surface area contributed by atoms with Crippen molar-refractivity contribution in [1.29, 1.82) is 5.26 Å². The van der Waals surface area contributed by atoms with Crippen LogP contribution in [0.1, 0.15) is 82.5 Å². The summed E-state index contributed by atoms with van der Waals surface area (Å²) in [5.74, 6) is -0.878. The minimum atomic E-state index is -1.14. The first-order valence-electron chi connectivity index (χ1n) is 14.3. The highest BCUT2D eigenvalue weighted by molar-refractivity contribution is 5.92. The molecule has 3 amide bonds. The molecule has 0 spiro atoms. The smallest absolute Gasteiger partial charge is 0.408 e. The number of carbonyl (C=O) groups is 3. The molecule has 0 radical (unpaired) electrons. The van der Waals surface area contributed by atoms with Crippen LogP contribution in [-0.2, 0) is 27.2 Å². The van der Waals surface area contributed by atoms with E-state index >= 15 is 0 Å². The van der Waals surface area contributed by atoms with Crippen LogP contribution in [0.15, 0.2) is 48.5 Å². The van der Waals surface area contributed by atoms with Crippen LogP contribution in [0.3, 0.4) is 0 Å². The van der Waals surface area contributed by atoms with Crippen LogP contribution in [0.2, 0.25) is 0 Å². The molecule has 2 atom stereocenters. The van der Waals surface area contributed by atoms with Crippen molar-refractivity contribution in [2.45, 2.75) is 96.4 Å². The monoisotopic (exact) mass is 562 g/mol. The van der Waals surface area contributed by atoms with Crippen molar-refractivity contribution in [3.8, 4) is 11.8 Å². The predicted octanol–water partition coefficient (Wildman–Crippen LogP) is 4.93. The van der Waals surface area contributed by atoms with E-state index in [0.29, 0.717) is 11.1 Å². The average Bonchev–Trinajstić information content (AvgIpc) is 2.93. The predicted molar refractivity (Wildman–Crippen MR) is 156 cm³/mol. The molecule has 3 rings (SSSR count). The minimum Gasteiger partial charge on any atom is -0.508 e. The SMILES string of the molecule is CCc1ccc(C(C(=O)NC2CCCCC2)N(CC#N)C(=O)C(Cc2ccc(O)cc2)NC(=O)OC(C)(C)C)cc1. The van der Waals surface area contributed by atoms with Gasteiger partial charge >= 0.3 is 6.09 Å². The van der Waals surface area contributed by atoms with Crippen LogP contribution >= 0.6 is 0 Å². The number of hydrogen-bond acceptors (Lipinski definition) is 6. The molecule has 1 fully saturated rings. The summed E-state index contributed by atoms with van der Waals surface area (Å²) in [4.78, 5) is 42.1. The Morgan fingerprint density at radius 2 is 1.63 bits per heavy atom. The first-order chi connectivity index (χ1) is 19.5. The van der Waals surface area contributed by atoms with Crippen molar-refractivity contribution in [3.63, 3.8) is 0 Å². The Morgan fingerprint density at radius 1 is 1.02 bits per heavy atom. The Bertz CT molecular complexity index is 1210. The van der Waals surface area contributed by atoms with Gasteiger partial charge < -0.3 is 25.4 Å². The van der Waals surface area contributed by atoms with E-state index in [2.05, 4.69) is 10.6 Å². The van der Waals surface area contributed by atoms with E-state index in [9.17, 15) is 24.8 Å². The Kier molecular flexibility index (Phi) is 11.2. The molecule has 0 aliphatic heterocycles. The summed E-state index contributed by atoms with van der Waals surface area (Å²) in [5.41, 5.74) is 1.53. The summed E-state index contributed by atoms with van der Waals surface area (Å²) in [7, 11) is 0. The van der Waals surface area contributed by atoms with Crippen molar-refractivity contribution in [1.82, 2.24) is 15.5 Å². The summed E-state index contributed by atoms with van der Waals surface area (Å²) in [6, 6.07) is 13.6. The van der Waals surface area contributed by atoms with Gasteiger partial charge in [0.2, 0.25) is 11.8 Å². The molecule has 3 N–H and O–H groups in total. The third kappa shape index (κ3) is 9.52. The summed E-state index contributed by atoms with van der Waals surface area (Å²) < 4.78 is 5.43. The summed E-state index contributed by atoms with van der Waals surface area (Å²) in [6.45, 7) is 6.83. The number of nitriles is 1. The fourth-order valence-electron chi connectivity index (χ4n) is 5.03. The standard InChI is InChI=1S/C32H42N4O5/c1-5-22-11-15-24(16-12-22)28(29(38)34-25-9-7-6-8-10-25)36(20-19-33)30(39)27(35-31(40)41-32(2,3)4)21-23-13-17-26(37)18-14-23/h11-18,25,27-28,37H,5-10,20-21H2,1-4H3,(H,34,38)(H,35,40). The van der Waals surface area contributed by atoms with E-state index in [1.54, 1.807) is 32.9 Å². The number of phenolic OH excluding ortho intramolecular Hbond substituents is 1. The van der Waals surface area contributed by atoms with E-state index in [0.717, 1.165) is 44.1 Å². The van der Waals surface area contributed by atoms with E-state index in [4.69, 9.17) is 4.74 Å².